The first-order valence-corrected chi connectivity index (χ1v) is 9.76. The van der Waals surface area contributed by atoms with Crippen molar-refractivity contribution in [2.45, 2.75) is 13.0 Å². The summed E-state index contributed by atoms with van der Waals surface area (Å²) >= 11 is 11.8. The number of rotatable bonds is 8. The molecular formula is C21H19Cl2N3O3. The highest BCUT2D eigenvalue weighted by Crippen LogP contribution is 2.27. The molecule has 6 nitrogen and oxygen atoms in total. The molecule has 2 aromatic carbocycles. The fraction of sp³-hybridized carbons (Fsp3) is 0.190. The molecule has 0 aliphatic heterocycles. The minimum absolute atomic E-state index is 0.164. The molecule has 0 aliphatic rings. The van der Waals surface area contributed by atoms with E-state index in [1.54, 1.807) is 24.3 Å². The van der Waals surface area contributed by atoms with Crippen LogP contribution in [0, 0.1) is 0 Å². The van der Waals surface area contributed by atoms with Crippen molar-refractivity contribution in [3.05, 3.63) is 81.1 Å². The highest BCUT2D eigenvalue weighted by atomic mass is 35.5. The Balaban J connectivity index is 1.46. The molecular weight excluding hydrogens is 413 g/mol. The van der Waals surface area contributed by atoms with Gasteiger partial charge in [-0.15, -0.1) is 0 Å². The van der Waals surface area contributed by atoms with Crippen molar-refractivity contribution in [3.63, 3.8) is 0 Å². The maximum Gasteiger partial charge on any atom is 0.266 e. The first-order valence-electron chi connectivity index (χ1n) is 9.01. The van der Waals surface area contributed by atoms with Crippen LogP contribution in [0.2, 0.25) is 10.0 Å². The summed E-state index contributed by atoms with van der Waals surface area (Å²) in [7, 11) is 0. The molecule has 1 N–H and O–H groups in total. The third-order valence-electron chi connectivity index (χ3n) is 4.06. The molecule has 3 aromatic rings. The molecule has 0 aliphatic carbocycles. The lowest BCUT2D eigenvalue weighted by Gasteiger charge is -2.10. The third-order valence-corrected chi connectivity index (χ3v) is 4.59. The van der Waals surface area contributed by atoms with Gasteiger partial charge < -0.3 is 10.1 Å². The van der Waals surface area contributed by atoms with Crippen LogP contribution in [0.15, 0.2) is 65.5 Å². The molecule has 1 heterocycles. The van der Waals surface area contributed by atoms with Crippen molar-refractivity contribution in [3.8, 4) is 17.0 Å². The standard InChI is InChI=1S/C21H19Cl2N3O3/c22-16-7-9-19(17(23)13-16)29-14-20(27)24-11-4-12-26-21(28)10-8-18(25-26)15-5-2-1-3-6-15/h1-3,5-10,13H,4,11-12,14H2,(H,24,27). The zero-order valence-electron chi connectivity index (χ0n) is 15.5. The molecule has 0 atom stereocenters. The fourth-order valence-corrected chi connectivity index (χ4v) is 3.08. The van der Waals surface area contributed by atoms with Crippen LogP contribution in [-0.2, 0) is 11.3 Å². The largest absolute Gasteiger partial charge is 0.482 e. The Morgan fingerprint density at radius 3 is 2.62 bits per heavy atom. The van der Waals surface area contributed by atoms with E-state index in [0.29, 0.717) is 35.3 Å². The smallest absolute Gasteiger partial charge is 0.266 e. The molecule has 0 saturated carbocycles. The van der Waals surface area contributed by atoms with Gasteiger partial charge in [-0.1, -0.05) is 53.5 Å². The summed E-state index contributed by atoms with van der Waals surface area (Å²) < 4.78 is 6.78. The van der Waals surface area contributed by atoms with Gasteiger partial charge in [0.15, 0.2) is 6.61 Å². The van der Waals surface area contributed by atoms with Gasteiger partial charge in [0.1, 0.15) is 5.75 Å². The SMILES string of the molecule is O=C(COc1ccc(Cl)cc1Cl)NCCCn1nc(-c2ccccc2)ccc1=O. The van der Waals surface area contributed by atoms with Gasteiger partial charge in [-0.2, -0.15) is 5.10 Å². The first-order chi connectivity index (χ1) is 14.0. The second-order valence-corrected chi connectivity index (χ2v) is 7.06. The van der Waals surface area contributed by atoms with E-state index in [-0.39, 0.29) is 18.1 Å². The summed E-state index contributed by atoms with van der Waals surface area (Å²) in [5.74, 6) is 0.106. The molecule has 29 heavy (non-hydrogen) atoms. The number of nitrogens with zero attached hydrogens (tertiary/aromatic N) is 2. The maximum absolute atomic E-state index is 12.0. The Morgan fingerprint density at radius 1 is 1.07 bits per heavy atom. The first kappa shape index (κ1) is 20.9. The van der Waals surface area contributed by atoms with E-state index >= 15 is 0 Å². The number of halogens is 2. The number of ether oxygens (including phenoxy) is 1. The van der Waals surface area contributed by atoms with E-state index in [1.807, 2.05) is 30.3 Å². The second-order valence-electron chi connectivity index (χ2n) is 6.21. The van der Waals surface area contributed by atoms with Gasteiger partial charge in [0.2, 0.25) is 0 Å². The molecule has 8 heteroatoms. The van der Waals surface area contributed by atoms with Gasteiger partial charge >= 0.3 is 0 Å². The number of hydrogen-bond donors (Lipinski definition) is 1. The lowest BCUT2D eigenvalue weighted by Crippen LogP contribution is -2.31. The Morgan fingerprint density at radius 2 is 1.86 bits per heavy atom. The van der Waals surface area contributed by atoms with E-state index in [4.69, 9.17) is 27.9 Å². The highest BCUT2D eigenvalue weighted by molar-refractivity contribution is 6.35. The molecule has 0 fully saturated rings. The highest BCUT2D eigenvalue weighted by Gasteiger charge is 2.07. The number of carbonyl (C=O) groups is 1. The number of aromatic nitrogens is 2. The normalized spacial score (nSPS) is 10.6. The molecule has 0 spiro atoms. The van der Waals surface area contributed by atoms with Gasteiger partial charge in [-0.3, -0.25) is 9.59 Å². The van der Waals surface area contributed by atoms with Gasteiger partial charge in [0.25, 0.3) is 11.5 Å². The van der Waals surface area contributed by atoms with Crippen molar-refractivity contribution < 1.29 is 9.53 Å². The molecule has 1 aromatic heterocycles. The Labute approximate surface area is 178 Å². The van der Waals surface area contributed by atoms with E-state index < -0.39 is 0 Å². The zero-order valence-corrected chi connectivity index (χ0v) is 17.0. The van der Waals surface area contributed by atoms with E-state index in [0.717, 1.165) is 11.3 Å². The topological polar surface area (TPSA) is 73.2 Å². The minimum atomic E-state index is -0.283. The van der Waals surface area contributed by atoms with Gasteiger partial charge in [0.05, 0.1) is 10.7 Å². The fourth-order valence-electron chi connectivity index (χ4n) is 2.62. The molecule has 0 saturated heterocycles. The quantitative estimate of drug-likeness (QED) is 0.550. The number of hydrogen-bond acceptors (Lipinski definition) is 4. The van der Waals surface area contributed by atoms with Crippen LogP contribution in [0.1, 0.15) is 6.42 Å². The second kappa shape index (κ2) is 10.1. The van der Waals surface area contributed by atoms with Crippen molar-refractivity contribution in [2.24, 2.45) is 0 Å². The van der Waals surface area contributed by atoms with Crippen LogP contribution in [0.4, 0.5) is 0 Å². The summed E-state index contributed by atoms with van der Waals surface area (Å²) in [6, 6.07) is 17.6. The van der Waals surface area contributed by atoms with Crippen LogP contribution in [-0.4, -0.2) is 28.8 Å². The number of amides is 1. The van der Waals surface area contributed by atoms with Crippen LogP contribution >= 0.6 is 23.2 Å². The molecule has 3 rings (SSSR count). The average molecular weight is 432 g/mol. The van der Waals surface area contributed by atoms with Crippen LogP contribution in [0.3, 0.4) is 0 Å². The third kappa shape index (κ3) is 6.07. The number of aryl methyl sites for hydroxylation is 1. The Kier molecular flexibility index (Phi) is 7.27. The van der Waals surface area contributed by atoms with Crippen molar-refractivity contribution in [2.75, 3.05) is 13.2 Å². The number of nitrogens with one attached hydrogen (secondary N) is 1. The summed E-state index contributed by atoms with van der Waals surface area (Å²) in [6.45, 7) is 0.618. The number of benzene rings is 2. The van der Waals surface area contributed by atoms with Crippen LogP contribution in [0.25, 0.3) is 11.3 Å². The summed E-state index contributed by atoms with van der Waals surface area (Å²) in [6.07, 6.45) is 0.554. The van der Waals surface area contributed by atoms with Crippen molar-refractivity contribution in [1.82, 2.24) is 15.1 Å². The van der Waals surface area contributed by atoms with Gasteiger partial charge in [-0.25, -0.2) is 4.68 Å². The Hall–Kier alpha value is -2.83. The van der Waals surface area contributed by atoms with Crippen molar-refractivity contribution >= 4 is 29.1 Å². The lowest BCUT2D eigenvalue weighted by atomic mass is 10.1. The maximum atomic E-state index is 12.0. The molecule has 0 radical (unpaired) electrons. The van der Waals surface area contributed by atoms with E-state index in [2.05, 4.69) is 10.4 Å². The predicted molar refractivity (Wildman–Crippen MR) is 114 cm³/mol. The Bertz CT molecular complexity index is 1040. The van der Waals surface area contributed by atoms with Gasteiger partial charge in [-0.05, 0) is 30.7 Å². The average Bonchev–Trinajstić information content (AvgIpc) is 2.72. The lowest BCUT2D eigenvalue weighted by molar-refractivity contribution is -0.123. The molecule has 1 amide bonds. The predicted octanol–water partition coefficient (Wildman–Crippen LogP) is 3.80. The molecule has 150 valence electrons. The summed E-state index contributed by atoms with van der Waals surface area (Å²) in [5.41, 5.74) is 1.48. The molecule has 0 unspecified atom stereocenters. The monoisotopic (exact) mass is 431 g/mol. The van der Waals surface area contributed by atoms with Gasteiger partial charge in [0, 0.05) is 29.7 Å². The van der Waals surface area contributed by atoms with Crippen LogP contribution < -0.4 is 15.6 Å². The number of carbonyl (C=O) groups excluding carboxylic acids is 1. The summed E-state index contributed by atoms with van der Waals surface area (Å²) in [5, 5.41) is 7.97. The zero-order chi connectivity index (χ0) is 20.6. The summed E-state index contributed by atoms with van der Waals surface area (Å²) in [4.78, 5) is 23.9. The van der Waals surface area contributed by atoms with E-state index in [9.17, 15) is 9.59 Å². The molecule has 0 bridgehead atoms. The van der Waals surface area contributed by atoms with Crippen molar-refractivity contribution in [1.29, 1.82) is 0 Å². The minimum Gasteiger partial charge on any atom is -0.482 e. The van der Waals surface area contributed by atoms with E-state index in [1.165, 1.54) is 10.7 Å². The van der Waals surface area contributed by atoms with Crippen LogP contribution in [0.5, 0.6) is 5.75 Å².